The molecule has 3 rings (SSSR count). The highest BCUT2D eigenvalue weighted by Crippen LogP contribution is 2.31. The van der Waals surface area contributed by atoms with Gasteiger partial charge in [0, 0.05) is 29.1 Å². The largest absolute Gasteiger partial charge is 0.492 e. The summed E-state index contributed by atoms with van der Waals surface area (Å²) in [6.45, 7) is 1.55. The monoisotopic (exact) mass is 497 g/mol. The minimum absolute atomic E-state index is 0.0867. The Balaban J connectivity index is 1.71. The summed E-state index contributed by atoms with van der Waals surface area (Å²) < 4.78 is 34.5. The van der Waals surface area contributed by atoms with Crippen molar-refractivity contribution in [3.63, 3.8) is 0 Å². The molecular formula is C20H18F2IN3O2. The van der Waals surface area contributed by atoms with Crippen molar-refractivity contribution in [2.24, 2.45) is 0 Å². The Morgan fingerprint density at radius 2 is 2.07 bits per heavy atom. The van der Waals surface area contributed by atoms with Gasteiger partial charge in [0.05, 0.1) is 18.0 Å². The standard InChI is InChI=1S/C20H18F2IN3O2/c21-13-9-18(25-17-5-4-14(23)11-16(17)22)15(12-24)19(10-13)28-8-2-7-26-6-1-3-20(26)27/h4-5,9-11,25H,1-3,6-8H2. The van der Waals surface area contributed by atoms with E-state index in [4.69, 9.17) is 4.74 Å². The van der Waals surface area contributed by atoms with Crippen LogP contribution in [-0.4, -0.2) is 30.5 Å². The van der Waals surface area contributed by atoms with Crippen molar-refractivity contribution < 1.29 is 18.3 Å². The number of carbonyl (C=O) groups excluding carboxylic acids is 1. The molecule has 8 heteroatoms. The molecule has 0 aliphatic carbocycles. The van der Waals surface area contributed by atoms with E-state index in [1.807, 2.05) is 28.7 Å². The Hall–Kier alpha value is -2.41. The molecule has 0 spiro atoms. The lowest BCUT2D eigenvalue weighted by molar-refractivity contribution is -0.127. The third-order valence-electron chi connectivity index (χ3n) is 4.38. The number of nitrogens with one attached hydrogen (secondary N) is 1. The van der Waals surface area contributed by atoms with Crippen LogP contribution in [0.25, 0.3) is 0 Å². The summed E-state index contributed by atoms with van der Waals surface area (Å²) in [7, 11) is 0. The molecule has 2 aromatic rings. The van der Waals surface area contributed by atoms with Crippen LogP contribution in [0.2, 0.25) is 0 Å². The number of carbonyl (C=O) groups is 1. The van der Waals surface area contributed by atoms with Crippen molar-refractivity contribution in [3.8, 4) is 11.8 Å². The van der Waals surface area contributed by atoms with Gasteiger partial charge in [-0.1, -0.05) is 0 Å². The zero-order valence-electron chi connectivity index (χ0n) is 15.0. The molecule has 1 N–H and O–H groups in total. The minimum atomic E-state index is -0.600. The lowest BCUT2D eigenvalue weighted by Gasteiger charge is -2.16. The zero-order chi connectivity index (χ0) is 20.1. The maximum atomic E-state index is 14.1. The molecule has 1 aliphatic rings. The van der Waals surface area contributed by atoms with E-state index in [2.05, 4.69) is 5.32 Å². The van der Waals surface area contributed by atoms with Crippen LogP contribution >= 0.6 is 22.6 Å². The second kappa shape index (κ2) is 9.19. The van der Waals surface area contributed by atoms with Gasteiger partial charge in [0.1, 0.15) is 29.0 Å². The Labute approximate surface area is 175 Å². The Morgan fingerprint density at radius 1 is 1.25 bits per heavy atom. The first-order valence-corrected chi connectivity index (χ1v) is 9.92. The van der Waals surface area contributed by atoms with Gasteiger partial charge in [0.25, 0.3) is 0 Å². The highest BCUT2D eigenvalue weighted by atomic mass is 127. The molecule has 1 heterocycles. The normalized spacial score (nSPS) is 13.5. The number of ether oxygens (including phenoxy) is 1. The summed E-state index contributed by atoms with van der Waals surface area (Å²) >= 11 is 1.99. The average Bonchev–Trinajstić information content (AvgIpc) is 3.06. The number of hydrogen-bond donors (Lipinski definition) is 1. The van der Waals surface area contributed by atoms with Crippen molar-refractivity contribution in [3.05, 3.63) is 51.1 Å². The van der Waals surface area contributed by atoms with Crippen molar-refractivity contribution in [1.29, 1.82) is 5.26 Å². The van der Waals surface area contributed by atoms with Gasteiger partial charge in [-0.25, -0.2) is 8.78 Å². The zero-order valence-corrected chi connectivity index (χ0v) is 17.1. The van der Waals surface area contributed by atoms with E-state index in [1.165, 1.54) is 12.1 Å². The molecule has 1 aliphatic heterocycles. The summed E-state index contributed by atoms with van der Waals surface area (Å²) in [5, 5.41) is 12.3. The lowest BCUT2D eigenvalue weighted by Crippen LogP contribution is -2.26. The van der Waals surface area contributed by atoms with Crippen molar-refractivity contribution in [2.45, 2.75) is 19.3 Å². The molecule has 0 bridgehead atoms. The third kappa shape index (κ3) is 4.90. The molecule has 2 aromatic carbocycles. The van der Waals surface area contributed by atoms with Crippen LogP contribution in [0.5, 0.6) is 5.75 Å². The molecule has 0 unspecified atom stereocenters. The molecule has 1 saturated heterocycles. The Morgan fingerprint density at radius 3 is 2.75 bits per heavy atom. The number of benzene rings is 2. The molecule has 1 amide bonds. The number of rotatable bonds is 7. The number of halogens is 3. The molecule has 0 saturated carbocycles. The molecule has 146 valence electrons. The van der Waals surface area contributed by atoms with Gasteiger partial charge in [-0.05, 0) is 59.7 Å². The molecule has 0 aromatic heterocycles. The first kappa shape index (κ1) is 20.3. The summed E-state index contributed by atoms with van der Waals surface area (Å²) in [5.74, 6) is -0.881. The maximum Gasteiger partial charge on any atom is 0.222 e. The van der Waals surface area contributed by atoms with E-state index in [-0.39, 0.29) is 35.2 Å². The van der Waals surface area contributed by atoms with Crippen molar-refractivity contribution in [1.82, 2.24) is 4.90 Å². The second-order valence-electron chi connectivity index (χ2n) is 6.37. The predicted octanol–water partition coefficient (Wildman–Crippen LogP) is 4.58. The number of nitriles is 1. The van der Waals surface area contributed by atoms with Gasteiger partial charge in [-0.15, -0.1) is 0 Å². The van der Waals surface area contributed by atoms with Gasteiger partial charge in [-0.3, -0.25) is 4.79 Å². The van der Waals surface area contributed by atoms with Gasteiger partial charge in [0.2, 0.25) is 5.91 Å². The Kier molecular flexibility index (Phi) is 6.67. The van der Waals surface area contributed by atoms with Crippen LogP contribution < -0.4 is 10.1 Å². The van der Waals surface area contributed by atoms with Crippen LogP contribution in [0.3, 0.4) is 0 Å². The van der Waals surface area contributed by atoms with E-state index in [1.54, 1.807) is 11.0 Å². The molecule has 28 heavy (non-hydrogen) atoms. The number of hydrogen-bond acceptors (Lipinski definition) is 4. The number of amides is 1. The smallest absolute Gasteiger partial charge is 0.222 e. The van der Waals surface area contributed by atoms with E-state index >= 15 is 0 Å². The Bertz CT molecular complexity index is 930. The van der Waals surface area contributed by atoms with Crippen LogP contribution in [0.4, 0.5) is 20.2 Å². The van der Waals surface area contributed by atoms with Crippen molar-refractivity contribution >= 4 is 39.9 Å². The van der Waals surface area contributed by atoms with Crippen LogP contribution in [0.1, 0.15) is 24.8 Å². The van der Waals surface area contributed by atoms with Crippen LogP contribution in [0.15, 0.2) is 30.3 Å². The van der Waals surface area contributed by atoms with Crippen LogP contribution in [-0.2, 0) is 4.79 Å². The fraction of sp³-hybridized carbons (Fsp3) is 0.300. The van der Waals surface area contributed by atoms with Crippen molar-refractivity contribution in [2.75, 3.05) is 25.0 Å². The minimum Gasteiger partial charge on any atom is -0.492 e. The number of likely N-dealkylation sites (tertiary alicyclic amines) is 1. The summed E-state index contributed by atoms with van der Waals surface area (Å²) in [5.41, 5.74) is 0.366. The molecule has 5 nitrogen and oxygen atoms in total. The highest BCUT2D eigenvalue weighted by Gasteiger charge is 2.19. The van der Waals surface area contributed by atoms with Gasteiger partial charge >= 0.3 is 0 Å². The summed E-state index contributed by atoms with van der Waals surface area (Å²) in [4.78, 5) is 13.4. The van der Waals surface area contributed by atoms with E-state index < -0.39 is 11.6 Å². The van der Waals surface area contributed by atoms with E-state index in [0.29, 0.717) is 19.4 Å². The summed E-state index contributed by atoms with van der Waals surface area (Å²) in [6, 6.07) is 8.82. The lowest BCUT2D eigenvalue weighted by atomic mass is 10.1. The first-order chi connectivity index (χ1) is 13.5. The van der Waals surface area contributed by atoms with Gasteiger partial charge in [-0.2, -0.15) is 5.26 Å². The fourth-order valence-corrected chi connectivity index (χ4v) is 3.48. The molecule has 1 fully saturated rings. The molecular weight excluding hydrogens is 479 g/mol. The third-order valence-corrected chi connectivity index (χ3v) is 5.05. The molecule has 0 radical (unpaired) electrons. The highest BCUT2D eigenvalue weighted by molar-refractivity contribution is 14.1. The number of anilines is 2. The second-order valence-corrected chi connectivity index (χ2v) is 7.62. The summed E-state index contributed by atoms with van der Waals surface area (Å²) in [6.07, 6.45) is 2.02. The van der Waals surface area contributed by atoms with E-state index in [0.717, 1.165) is 28.7 Å². The van der Waals surface area contributed by atoms with Gasteiger partial charge < -0.3 is 15.0 Å². The number of nitrogens with zero attached hydrogens (tertiary/aromatic N) is 2. The fourth-order valence-electron chi connectivity index (χ4n) is 3.02. The van der Waals surface area contributed by atoms with Gasteiger partial charge in [0.15, 0.2) is 0 Å². The topological polar surface area (TPSA) is 65.4 Å². The SMILES string of the molecule is N#Cc1c(Nc2ccc(I)cc2F)cc(F)cc1OCCCN1CCCC1=O. The molecule has 0 atom stereocenters. The predicted molar refractivity (Wildman–Crippen MR) is 109 cm³/mol. The average molecular weight is 497 g/mol. The van der Waals surface area contributed by atoms with E-state index in [9.17, 15) is 18.8 Å². The maximum absolute atomic E-state index is 14.1. The quantitative estimate of drug-likeness (QED) is 0.450. The first-order valence-electron chi connectivity index (χ1n) is 8.84. The van der Waals surface area contributed by atoms with Crippen LogP contribution in [0, 0.1) is 26.5 Å².